The number of carbonyl (C=O) groups excluding carboxylic acids is 1. The first-order valence-corrected chi connectivity index (χ1v) is 6.72. The van der Waals surface area contributed by atoms with Gasteiger partial charge < -0.3 is 0 Å². The number of nitriles is 1. The van der Waals surface area contributed by atoms with E-state index in [0.29, 0.717) is 27.4 Å². The average Bonchev–Trinajstić information content (AvgIpc) is 2.90. The maximum atomic E-state index is 11.2. The topological polar surface area (TPSA) is 58.7 Å². The molecule has 0 saturated heterocycles. The maximum absolute atomic E-state index is 11.2. The Morgan fingerprint density at radius 3 is 2.85 bits per heavy atom. The second-order valence-electron chi connectivity index (χ2n) is 4.59. The number of rotatable bonds is 4. The van der Waals surface area contributed by atoms with Crippen molar-refractivity contribution in [1.82, 2.24) is 9.78 Å². The van der Waals surface area contributed by atoms with Crippen LogP contribution in [0.25, 0.3) is 11.3 Å². The molecule has 4 nitrogen and oxygen atoms in total. The molecule has 2 rings (SSSR count). The minimum atomic E-state index is 0.208. The van der Waals surface area contributed by atoms with E-state index in [1.807, 2.05) is 13.0 Å². The number of aromatic nitrogens is 2. The number of hydrogen-bond donors (Lipinski definition) is 0. The molecule has 0 fully saturated rings. The van der Waals surface area contributed by atoms with Crippen molar-refractivity contribution in [2.24, 2.45) is 0 Å². The first-order chi connectivity index (χ1) is 9.60. The summed E-state index contributed by atoms with van der Waals surface area (Å²) in [6.45, 7) is 4.09. The van der Waals surface area contributed by atoms with Gasteiger partial charge in [-0.3, -0.25) is 9.48 Å². The molecule has 5 heteroatoms. The van der Waals surface area contributed by atoms with Crippen molar-refractivity contribution in [1.29, 1.82) is 5.26 Å². The first-order valence-electron chi connectivity index (χ1n) is 6.35. The summed E-state index contributed by atoms with van der Waals surface area (Å²) in [7, 11) is 0. The molecule has 0 bridgehead atoms. The van der Waals surface area contributed by atoms with Crippen molar-refractivity contribution in [3.63, 3.8) is 0 Å². The van der Waals surface area contributed by atoms with Crippen LogP contribution in [-0.4, -0.2) is 16.1 Å². The molecule has 0 aliphatic rings. The fraction of sp³-hybridized carbons (Fsp3) is 0.267. The lowest BCUT2D eigenvalue weighted by Gasteiger charge is -2.08. The monoisotopic (exact) mass is 287 g/mol. The molecule has 1 unspecified atom stereocenters. The molecule has 0 aliphatic heterocycles. The molecule has 0 radical (unpaired) electrons. The molecule has 102 valence electrons. The van der Waals surface area contributed by atoms with Crippen molar-refractivity contribution >= 4 is 17.9 Å². The fourth-order valence-corrected chi connectivity index (χ4v) is 2.16. The fourth-order valence-electron chi connectivity index (χ4n) is 1.89. The van der Waals surface area contributed by atoms with Crippen LogP contribution in [0.2, 0.25) is 5.02 Å². The number of benzene rings is 1. The van der Waals surface area contributed by atoms with Gasteiger partial charge in [-0.1, -0.05) is 18.5 Å². The Balaban J connectivity index is 2.55. The van der Waals surface area contributed by atoms with Gasteiger partial charge in [0.25, 0.3) is 0 Å². The lowest BCUT2D eigenvalue weighted by Crippen LogP contribution is -2.04. The summed E-state index contributed by atoms with van der Waals surface area (Å²) in [5.41, 5.74) is 2.19. The summed E-state index contributed by atoms with van der Waals surface area (Å²) in [5, 5.41) is 13.7. The van der Waals surface area contributed by atoms with Crippen molar-refractivity contribution in [2.45, 2.75) is 26.3 Å². The van der Waals surface area contributed by atoms with Crippen LogP contribution in [-0.2, 0) is 0 Å². The largest absolute Gasteiger partial charge is 0.298 e. The molecular formula is C15H14ClN3O. The molecule has 1 aromatic carbocycles. The van der Waals surface area contributed by atoms with E-state index in [0.717, 1.165) is 12.7 Å². The molecule has 0 amide bonds. The highest BCUT2D eigenvalue weighted by atomic mass is 35.5. The van der Waals surface area contributed by atoms with Crippen LogP contribution >= 0.6 is 11.6 Å². The van der Waals surface area contributed by atoms with Gasteiger partial charge >= 0.3 is 0 Å². The lowest BCUT2D eigenvalue weighted by molar-refractivity contribution is 0.112. The van der Waals surface area contributed by atoms with Crippen LogP contribution in [0.4, 0.5) is 0 Å². The second kappa shape index (κ2) is 5.89. The third-order valence-corrected chi connectivity index (χ3v) is 3.60. The van der Waals surface area contributed by atoms with Gasteiger partial charge in [-0.2, -0.15) is 10.4 Å². The van der Waals surface area contributed by atoms with Gasteiger partial charge in [0.15, 0.2) is 6.29 Å². The summed E-state index contributed by atoms with van der Waals surface area (Å²) in [6, 6.07) is 7.20. The van der Waals surface area contributed by atoms with Gasteiger partial charge in [0.2, 0.25) is 0 Å². The van der Waals surface area contributed by atoms with E-state index in [9.17, 15) is 4.79 Å². The quantitative estimate of drug-likeness (QED) is 0.802. The van der Waals surface area contributed by atoms with E-state index >= 15 is 0 Å². The predicted octanol–water partition coefficient (Wildman–Crippen LogP) is 3.86. The van der Waals surface area contributed by atoms with Crippen LogP contribution in [0, 0.1) is 11.3 Å². The SMILES string of the molecule is CCC(C)n1cc(C=O)c(-c2ccc(C#N)cc2Cl)n1. The smallest absolute Gasteiger partial charge is 0.153 e. The minimum Gasteiger partial charge on any atom is -0.298 e. The highest BCUT2D eigenvalue weighted by Gasteiger charge is 2.15. The predicted molar refractivity (Wildman–Crippen MR) is 77.8 cm³/mol. The Labute approximate surface area is 122 Å². The van der Waals surface area contributed by atoms with E-state index in [1.54, 1.807) is 29.1 Å². The summed E-state index contributed by atoms with van der Waals surface area (Å²) in [4.78, 5) is 11.2. The third-order valence-electron chi connectivity index (χ3n) is 3.28. The Bertz CT molecular complexity index is 685. The zero-order valence-electron chi connectivity index (χ0n) is 11.3. The minimum absolute atomic E-state index is 0.208. The van der Waals surface area contributed by atoms with Gasteiger partial charge in [-0.05, 0) is 31.5 Å². The van der Waals surface area contributed by atoms with E-state index in [1.165, 1.54) is 0 Å². The van der Waals surface area contributed by atoms with Crippen LogP contribution in [0.15, 0.2) is 24.4 Å². The van der Waals surface area contributed by atoms with Crippen LogP contribution < -0.4 is 0 Å². The second-order valence-corrected chi connectivity index (χ2v) is 5.00. The molecule has 2 aromatic rings. The molecule has 20 heavy (non-hydrogen) atoms. The van der Waals surface area contributed by atoms with E-state index < -0.39 is 0 Å². The van der Waals surface area contributed by atoms with E-state index in [-0.39, 0.29) is 6.04 Å². The molecular weight excluding hydrogens is 274 g/mol. The summed E-state index contributed by atoms with van der Waals surface area (Å²) in [5.74, 6) is 0. The van der Waals surface area contributed by atoms with Crippen LogP contribution in [0.3, 0.4) is 0 Å². The Hall–Kier alpha value is -2.12. The van der Waals surface area contributed by atoms with Crippen LogP contribution in [0.1, 0.15) is 42.2 Å². The maximum Gasteiger partial charge on any atom is 0.153 e. The van der Waals surface area contributed by atoms with Gasteiger partial charge in [0.1, 0.15) is 5.69 Å². The average molecular weight is 288 g/mol. The van der Waals surface area contributed by atoms with Crippen molar-refractivity contribution in [3.8, 4) is 17.3 Å². The molecule has 0 aliphatic carbocycles. The van der Waals surface area contributed by atoms with E-state index in [4.69, 9.17) is 16.9 Å². The van der Waals surface area contributed by atoms with Gasteiger partial charge in [-0.25, -0.2) is 0 Å². The third kappa shape index (κ3) is 2.59. The number of carbonyl (C=O) groups is 1. The highest BCUT2D eigenvalue weighted by Crippen LogP contribution is 2.30. The molecule has 0 saturated carbocycles. The zero-order valence-corrected chi connectivity index (χ0v) is 12.1. The number of nitrogens with zero attached hydrogens (tertiary/aromatic N) is 3. The standard InChI is InChI=1S/C15H14ClN3O/c1-3-10(2)19-8-12(9-20)15(18-19)13-5-4-11(7-17)6-14(13)16/h4-6,8-10H,3H2,1-2H3. The number of hydrogen-bond acceptors (Lipinski definition) is 3. The number of aldehydes is 1. The van der Waals surface area contributed by atoms with Gasteiger partial charge in [0.05, 0.1) is 22.2 Å². The van der Waals surface area contributed by atoms with Crippen molar-refractivity contribution in [2.75, 3.05) is 0 Å². The summed E-state index contributed by atoms with van der Waals surface area (Å²) in [6.07, 6.45) is 3.42. The Morgan fingerprint density at radius 2 is 2.30 bits per heavy atom. The van der Waals surface area contributed by atoms with Crippen LogP contribution in [0.5, 0.6) is 0 Å². The molecule has 1 aromatic heterocycles. The first kappa shape index (κ1) is 14.3. The summed E-state index contributed by atoms with van der Waals surface area (Å²) < 4.78 is 1.77. The molecule has 0 spiro atoms. The van der Waals surface area contributed by atoms with Gasteiger partial charge in [0, 0.05) is 17.8 Å². The Morgan fingerprint density at radius 1 is 1.55 bits per heavy atom. The zero-order chi connectivity index (χ0) is 14.7. The van der Waals surface area contributed by atoms with Gasteiger partial charge in [-0.15, -0.1) is 0 Å². The Kier molecular flexibility index (Phi) is 4.21. The normalized spacial score (nSPS) is 11.9. The molecule has 1 atom stereocenters. The van der Waals surface area contributed by atoms with Crippen molar-refractivity contribution < 1.29 is 4.79 Å². The lowest BCUT2D eigenvalue weighted by atomic mass is 10.1. The molecule has 0 N–H and O–H groups in total. The number of halogens is 1. The van der Waals surface area contributed by atoms with Crippen molar-refractivity contribution in [3.05, 3.63) is 40.5 Å². The summed E-state index contributed by atoms with van der Waals surface area (Å²) >= 11 is 6.18. The highest BCUT2D eigenvalue weighted by molar-refractivity contribution is 6.33. The van der Waals surface area contributed by atoms with E-state index in [2.05, 4.69) is 12.0 Å². The molecule has 1 heterocycles.